The van der Waals surface area contributed by atoms with E-state index in [4.69, 9.17) is 4.74 Å². The number of aromatic nitrogens is 1. The van der Waals surface area contributed by atoms with Crippen LogP contribution in [0.2, 0.25) is 0 Å². The number of para-hydroxylation sites is 1. The zero-order valence-corrected chi connectivity index (χ0v) is 9.82. The molecule has 16 heavy (non-hydrogen) atoms. The second-order valence-electron chi connectivity index (χ2n) is 4.03. The normalized spacial score (nSPS) is 10.8. The monoisotopic (exact) mass is 216 g/mol. The van der Waals surface area contributed by atoms with Gasteiger partial charge in [-0.2, -0.15) is 0 Å². The Morgan fingerprint density at radius 2 is 2.00 bits per heavy atom. The van der Waals surface area contributed by atoms with E-state index < -0.39 is 0 Å². The third kappa shape index (κ3) is 2.08. The van der Waals surface area contributed by atoms with Gasteiger partial charge in [0, 0.05) is 11.4 Å². The van der Waals surface area contributed by atoms with Crippen LogP contribution in [0.3, 0.4) is 0 Å². The van der Waals surface area contributed by atoms with Crippen LogP contribution in [0.15, 0.2) is 30.3 Å². The van der Waals surface area contributed by atoms with E-state index in [-0.39, 0.29) is 0 Å². The van der Waals surface area contributed by atoms with E-state index in [1.807, 2.05) is 24.3 Å². The van der Waals surface area contributed by atoms with Crippen LogP contribution in [0.1, 0.15) is 13.8 Å². The number of hydrogen-bond acceptors (Lipinski definition) is 3. The molecular weight excluding hydrogens is 200 g/mol. The third-order valence-electron chi connectivity index (χ3n) is 2.34. The van der Waals surface area contributed by atoms with Crippen molar-refractivity contribution in [1.82, 2.24) is 4.98 Å². The molecule has 1 heterocycles. The summed E-state index contributed by atoms with van der Waals surface area (Å²) in [7, 11) is 1.67. The van der Waals surface area contributed by atoms with E-state index in [2.05, 4.69) is 30.2 Å². The molecule has 0 saturated heterocycles. The second kappa shape index (κ2) is 4.39. The van der Waals surface area contributed by atoms with E-state index in [0.717, 1.165) is 22.5 Å². The number of ether oxygens (including phenoxy) is 1. The lowest BCUT2D eigenvalue weighted by Crippen LogP contribution is -2.10. The molecule has 1 aromatic carbocycles. The van der Waals surface area contributed by atoms with Gasteiger partial charge in [0.25, 0.3) is 0 Å². The zero-order chi connectivity index (χ0) is 11.5. The fourth-order valence-electron chi connectivity index (χ4n) is 1.66. The highest BCUT2D eigenvalue weighted by atomic mass is 16.5. The maximum Gasteiger partial charge on any atom is 0.145 e. The Morgan fingerprint density at radius 3 is 2.69 bits per heavy atom. The van der Waals surface area contributed by atoms with Crippen molar-refractivity contribution in [2.75, 3.05) is 12.4 Å². The highest BCUT2D eigenvalue weighted by Crippen LogP contribution is 2.24. The zero-order valence-electron chi connectivity index (χ0n) is 9.82. The maximum atomic E-state index is 5.30. The number of fused-ring (bicyclic) bond motifs is 1. The molecule has 1 N–H and O–H groups in total. The van der Waals surface area contributed by atoms with Gasteiger partial charge < -0.3 is 10.1 Å². The average Bonchev–Trinajstić information content (AvgIpc) is 2.27. The maximum absolute atomic E-state index is 5.30. The van der Waals surface area contributed by atoms with Gasteiger partial charge in [0.05, 0.1) is 7.11 Å². The summed E-state index contributed by atoms with van der Waals surface area (Å²) in [6.45, 7) is 4.18. The van der Waals surface area contributed by atoms with Crippen molar-refractivity contribution in [2.45, 2.75) is 19.9 Å². The van der Waals surface area contributed by atoms with E-state index in [1.165, 1.54) is 0 Å². The van der Waals surface area contributed by atoms with Crippen molar-refractivity contribution < 1.29 is 4.74 Å². The minimum absolute atomic E-state index is 0.375. The van der Waals surface area contributed by atoms with E-state index in [9.17, 15) is 0 Å². The van der Waals surface area contributed by atoms with Crippen molar-refractivity contribution in [2.24, 2.45) is 0 Å². The SMILES string of the molecule is COc1cccc2ccc(NC(C)C)nc12. The Bertz CT molecular complexity index is 494. The van der Waals surface area contributed by atoms with Crippen LogP contribution in [0.5, 0.6) is 5.75 Å². The number of methoxy groups -OCH3 is 1. The lowest BCUT2D eigenvalue weighted by molar-refractivity contribution is 0.419. The summed E-state index contributed by atoms with van der Waals surface area (Å²) >= 11 is 0. The van der Waals surface area contributed by atoms with Crippen molar-refractivity contribution in [1.29, 1.82) is 0 Å². The molecule has 0 aliphatic heterocycles. The van der Waals surface area contributed by atoms with Crippen molar-refractivity contribution >= 4 is 16.7 Å². The molecule has 3 nitrogen and oxygen atoms in total. The Hall–Kier alpha value is -1.77. The number of hydrogen-bond donors (Lipinski definition) is 1. The summed E-state index contributed by atoms with van der Waals surface area (Å²) in [5.41, 5.74) is 0.899. The first-order valence-corrected chi connectivity index (χ1v) is 5.41. The molecule has 2 aromatic rings. The van der Waals surface area contributed by atoms with Crippen LogP contribution in [0, 0.1) is 0 Å². The van der Waals surface area contributed by atoms with Crippen molar-refractivity contribution in [3.8, 4) is 5.75 Å². The smallest absolute Gasteiger partial charge is 0.145 e. The predicted octanol–water partition coefficient (Wildman–Crippen LogP) is 3.06. The summed E-state index contributed by atoms with van der Waals surface area (Å²) in [6, 6.07) is 10.3. The number of nitrogens with one attached hydrogen (secondary N) is 1. The lowest BCUT2D eigenvalue weighted by Gasteiger charge is -2.10. The van der Waals surface area contributed by atoms with Crippen molar-refractivity contribution in [3.05, 3.63) is 30.3 Å². The van der Waals surface area contributed by atoms with Gasteiger partial charge >= 0.3 is 0 Å². The van der Waals surface area contributed by atoms with Gasteiger partial charge in [-0.1, -0.05) is 12.1 Å². The molecule has 1 aromatic heterocycles. The number of nitrogens with zero attached hydrogens (tertiary/aromatic N) is 1. The quantitative estimate of drug-likeness (QED) is 0.856. The topological polar surface area (TPSA) is 34.1 Å². The van der Waals surface area contributed by atoms with Gasteiger partial charge in [-0.3, -0.25) is 0 Å². The molecule has 84 valence electrons. The summed E-state index contributed by atoms with van der Waals surface area (Å²) < 4.78 is 5.30. The van der Waals surface area contributed by atoms with E-state index >= 15 is 0 Å². The standard InChI is InChI=1S/C13H16N2O/c1-9(2)14-12-8-7-10-5-4-6-11(16-3)13(10)15-12/h4-9H,1-3H3,(H,14,15). The molecule has 2 rings (SSSR count). The number of rotatable bonds is 3. The van der Waals surface area contributed by atoms with Crippen LogP contribution in [0.4, 0.5) is 5.82 Å². The molecule has 0 radical (unpaired) electrons. The molecule has 0 aliphatic rings. The van der Waals surface area contributed by atoms with Crippen LogP contribution >= 0.6 is 0 Å². The Labute approximate surface area is 95.5 Å². The number of pyridine rings is 1. The third-order valence-corrected chi connectivity index (χ3v) is 2.34. The molecule has 0 amide bonds. The summed E-state index contributed by atoms with van der Waals surface area (Å²) in [4.78, 5) is 4.55. The summed E-state index contributed by atoms with van der Waals surface area (Å²) in [5, 5.41) is 4.37. The summed E-state index contributed by atoms with van der Waals surface area (Å²) in [6.07, 6.45) is 0. The Balaban J connectivity index is 2.50. The lowest BCUT2D eigenvalue weighted by atomic mass is 10.2. The van der Waals surface area contributed by atoms with Crippen LogP contribution in [0.25, 0.3) is 10.9 Å². The molecule has 0 saturated carbocycles. The molecular formula is C13H16N2O. The fourth-order valence-corrected chi connectivity index (χ4v) is 1.66. The largest absolute Gasteiger partial charge is 0.494 e. The van der Waals surface area contributed by atoms with E-state index in [1.54, 1.807) is 7.11 Å². The fraction of sp³-hybridized carbons (Fsp3) is 0.308. The Morgan fingerprint density at radius 1 is 1.19 bits per heavy atom. The Kier molecular flexibility index (Phi) is 2.95. The number of benzene rings is 1. The second-order valence-corrected chi connectivity index (χ2v) is 4.03. The molecule has 0 spiro atoms. The molecule has 3 heteroatoms. The van der Waals surface area contributed by atoms with Gasteiger partial charge in [0.15, 0.2) is 0 Å². The molecule has 0 atom stereocenters. The van der Waals surface area contributed by atoms with Gasteiger partial charge in [-0.05, 0) is 32.0 Å². The molecule has 0 fully saturated rings. The highest BCUT2D eigenvalue weighted by Gasteiger charge is 2.04. The van der Waals surface area contributed by atoms with Crippen LogP contribution < -0.4 is 10.1 Å². The van der Waals surface area contributed by atoms with Crippen LogP contribution in [-0.4, -0.2) is 18.1 Å². The van der Waals surface area contributed by atoms with Crippen LogP contribution in [-0.2, 0) is 0 Å². The van der Waals surface area contributed by atoms with Crippen molar-refractivity contribution in [3.63, 3.8) is 0 Å². The molecule has 0 unspecified atom stereocenters. The minimum Gasteiger partial charge on any atom is -0.494 e. The molecule has 0 bridgehead atoms. The first kappa shape index (κ1) is 10.7. The highest BCUT2D eigenvalue weighted by molar-refractivity contribution is 5.85. The van der Waals surface area contributed by atoms with Gasteiger partial charge in [-0.15, -0.1) is 0 Å². The average molecular weight is 216 g/mol. The van der Waals surface area contributed by atoms with Gasteiger partial charge in [0.2, 0.25) is 0 Å². The van der Waals surface area contributed by atoms with Gasteiger partial charge in [-0.25, -0.2) is 4.98 Å². The van der Waals surface area contributed by atoms with Gasteiger partial charge in [0.1, 0.15) is 17.1 Å². The minimum atomic E-state index is 0.375. The summed E-state index contributed by atoms with van der Waals surface area (Å²) in [5.74, 6) is 1.69. The first-order valence-electron chi connectivity index (χ1n) is 5.41. The van der Waals surface area contributed by atoms with E-state index in [0.29, 0.717) is 6.04 Å². The first-order chi connectivity index (χ1) is 7.70. The predicted molar refractivity (Wildman–Crippen MR) is 67.1 cm³/mol. The number of anilines is 1. The molecule has 0 aliphatic carbocycles.